The Bertz CT molecular complexity index is 507. The van der Waals surface area contributed by atoms with E-state index in [9.17, 15) is 5.11 Å². The Hall–Kier alpha value is -0.860. The van der Waals surface area contributed by atoms with E-state index in [4.69, 9.17) is 9.73 Å². The molecule has 1 aromatic carbocycles. The summed E-state index contributed by atoms with van der Waals surface area (Å²) in [5, 5.41) is 16.3. The molecular formula is C19H32IN3O2. The zero-order chi connectivity index (χ0) is 17.3. The molecule has 2 rings (SSSR count). The zero-order valence-corrected chi connectivity index (χ0v) is 17.7. The van der Waals surface area contributed by atoms with Gasteiger partial charge in [0.15, 0.2) is 5.96 Å². The molecule has 5 nitrogen and oxygen atoms in total. The number of aliphatic imine (C=N–C) groups is 1. The van der Waals surface area contributed by atoms with E-state index >= 15 is 0 Å². The van der Waals surface area contributed by atoms with Gasteiger partial charge in [0.2, 0.25) is 0 Å². The van der Waals surface area contributed by atoms with Crippen LogP contribution >= 0.6 is 24.0 Å². The van der Waals surface area contributed by atoms with Crippen molar-refractivity contribution in [2.45, 2.75) is 32.1 Å². The molecule has 1 fully saturated rings. The van der Waals surface area contributed by atoms with E-state index in [1.54, 1.807) is 7.11 Å². The largest absolute Gasteiger partial charge is 0.396 e. The van der Waals surface area contributed by atoms with Crippen LogP contribution in [0, 0.1) is 5.41 Å². The first-order valence-corrected chi connectivity index (χ1v) is 8.90. The molecule has 0 saturated heterocycles. The molecule has 1 saturated carbocycles. The minimum Gasteiger partial charge on any atom is -0.396 e. The van der Waals surface area contributed by atoms with Gasteiger partial charge in [0, 0.05) is 39.3 Å². The number of methoxy groups -OCH3 is 1. The maximum Gasteiger partial charge on any atom is 0.191 e. The minimum atomic E-state index is 0. The first kappa shape index (κ1) is 22.2. The van der Waals surface area contributed by atoms with E-state index < -0.39 is 0 Å². The number of rotatable bonds is 10. The van der Waals surface area contributed by atoms with E-state index in [-0.39, 0.29) is 36.5 Å². The summed E-state index contributed by atoms with van der Waals surface area (Å²) in [6.07, 6.45) is 3.56. The van der Waals surface area contributed by atoms with Crippen LogP contribution in [0.3, 0.4) is 0 Å². The van der Waals surface area contributed by atoms with Crippen molar-refractivity contribution in [3.8, 4) is 0 Å². The lowest BCUT2D eigenvalue weighted by molar-refractivity contribution is 0.174. The summed E-state index contributed by atoms with van der Waals surface area (Å²) >= 11 is 0. The Morgan fingerprint density at radius 1 is 1.28 bits per heavy atom. The number of guanidine groups is 1. The SMILES string of the molecule is CCNC(=NCC1(CCOC)CC1)NCC(CO)c1ccccc1.I. The number of halogens is 1. The fourth-order valence-corrected chi connectivity index (χ4v) is 2.80. The molecule has 0 radical (unpaired) electrons. The van der Waals surface area contributed by atoms with Gasteiger partial charge in [-0.3, -0.25) is 4.99 Å². The molecule has 0 aliphatic heterocycles. The third kappa shape index (κ3) is 7.50. The van der Waals surface area contributed by atoms with Crippen LogP contribution < -0.4 is 10.6 Å². The molecule has 0 amide bonds. The lowest BCUT2D eigenvalue weighted by Gasteiger charge is -2.19. The Balaban J connectivity index is 0.00000312. The third-order valence-corrected chi connectivity index (χ3v) is 4.72. The first-order chi connectivity index (χ1) is 11.7. The number of aliphatic hydroxyl groups excluding tert-OH is 1. The van der Waals surface area contributed by atoms with Crippen molar-refractivity contribution in [2.24, 2.45) is 10.4 Å². The normalized spacial score (nSPS) is 16.7. The highest BCUT2D eigenvalue weighted by atomic mass is 127. The van der Waals surface area contributed by atoms with Crippen LogP contribution in [-0.2, 0) is 4.74 Å². The lowest BCUT2D eigenvalue weighted by atomic mass is 10.0. The van der Waals surface area contributed by atoms with Gasteiger partial charge in [0.1, 0.15) is 0 Å². The van der Waals surface area contributed by atoms with E-state index in [1.165, 1.54) is 12.8 Å². The molecule has 1 unspecified atom stereocenters. The maximum absolute atomic E-state index is 9.67. The number of hydrogen-bond acceptors (Lipinski definition) is 3. The monoisotopic (exact) mass is 461 g/mol. The Morgan fingerprint density at radius 2 is 2.00 bits per heavy atom. The molecule has 142 valence electrons. The third-order valence-electron chi connectivity index (χ3n) is 4.72. The highest BCUT2D eigenvalue weighted by Crippen LogP contribution is 2.48. The molecule has 3 N–H and O–H groups in total. The quantitative estimate of drug-likeness (QED) is 0.285. The standard InChI is InChI=1S/C19H31N3O2.HI/c1-3-20-18(22-15-19(9-10-19)11-12-24-2)21-13-17(14-23)16-7-5-4-6-8-16;/h4-8,17,23H,3,9-15H2,1-2H3,(H2,20,21,22);1H. The fourth-order valence-electron chi connectivity index (χ4n) is 2.80. The second kappa shape index (κ2) is 11.7. The average Bonchev–Trinajstić information content (AvgIpc) is 3.39. The Morgan fingerprint density at radius 3 is 2.56 bits per heavy atom. The minimum absolute atomic E-state index is 0. The summed E-state index contributed by atoms with van der Waals surface area (Å²) in [5.74, 6) is 0.897. The van der Waals surface area contributed by atoms with Crippen molar-refractivity contribution in [3.05, 3.63) is 35.9 Å². The van der Waals surface area contributed by atoms with Crippen LogP contribution in [0.25, 0.3) is 0 Å². The van der Waals surface area contributed by atoms with Crippen molar-refractivity contribution >= 4 is 29.9 Å². The van der Waals surface area contributed by atoms with Crippen LogP contribution in [0.1, 0.15) is 37.7 Å². The van der Waals surface area contributed by atoms with Gasteiger partial charge in [-0.25, -0.2) is 0 Å². The fraction of sp³-hybridized carbons (Fsp3) is 0.632. The highest BCUT2D eigenvalue weighted by Gasteiger charge is 2.41. The summed E-state index contributed by atoms with van der Waals surface area (Å²) in [5.41, 5.74) is 1.48. The van der Waals surface area contributed by atoms with E-state index in [1.807, 2.05) is 18.2 Å². The van der Waals surface area contributed by atoms with Crippen molar-refractivity contribution in [1.29, 1.82) is 0 Å². The average molecular weight is 461 g/mol. The van der Waals surface area contributed by atoms with Gasteiger partial charge in [0.25, 0.3) is 0 Å². The summed E-state index contributed by atoms with van der Waals surface area (Å²) in [4.78, 5) is 4.76. The summed E-state index contributed by atoms with van der Waals surface area (Å²) in [6.45, 7) is 5.31. The van der Waals surface area contributed by atoms with Gasteiger partial charge in [-0.1, -0.05) is 30.3 Å². The van der Waals surface area contributed by atoms with E-state index in [2.05, 4.69) is 29.7 Å². The molecule has 6 heteroatoms. The number of aliphatic hydroxyl groups is 1. The van der Waals surface area contributed by atoms with Crippen LogP contribution in [0.2, 0.25) is 0 Å². The summed E-state index contributed by atoms with van der Waals surface area (Å²) < 4.78 is 5.21. The molecule has 0 aromatic heterocycles. The zero-order valence-electron chi connectivity index (χ0n) is 15.3. The molecule has 0 spiro atoms. The topological polar surface area (TPSA) is 65.9 Å². The number of nitrogens with zero attached hydrogens (tertiary/aromatic N) is 1. The van der Waals surface area contributed by atoms with Crippen molar-refractivity contribution in [3.63, 3.8) is 0 Å². The molecule has 1 aliphatic carbocycles. The van der Waals surface area contributed by atoms with Crippen LogP contribution in [0.5, 0.6) is 0 Å². The smallest absolute Gasteiger partial charge is 0.191 e. The molecular weight excluding hydrogens is 429 g/mol. The highest BCUT2D eigenvalue weighted by molar-refractivity contribution is 14.0. The van der Waals surface area contributed by atoms with Crippen LogP contribution in [0.4, 0.5) is 0 Å². The van der Waals surface area contributed by atoms with Gasteiger partial charge in [-0.2, -0.15) is 0 Å². The predicted molar refractivity (Wildman–Crippen MR) is 114 cm³/mol. The molecule has 1 aliphatic rings. The first-order valence-electron chi connectivity index (χ1n) is 8.90. The molecule has 1 aromatic rings. The molecule has 0 bridgehead atoms. The maximum atomic E-state index is 9.67. The second-order valence-electron chi connectivity index (χ2n) is 6.61. The van der Waals surface area contributed by atoms with Gasteiger partial charge in [-0.05, 0) is 37.2 Å². The van der Waals surface area contributed by atoms with Crippen molar-refractivity contribution in [1.82, 2.24) is 10.6 Å². The Kier molecular flexibility index (Phi) is 10.4. The summed E-state index contributed by atoms with van der Waals surface area (Å²) in [6, 6.07) is 10.1. The second-order valence-corrected chi connectivity index (χ2v) is 6.61. The van der Waals surface area contributed by atoms with E-state index in [0.29, 0.717) is 12.0 Å². The number of hydrogen-bond donors (Lipinski definition) is 3. The molecule has 1 atom stereocenters. The van der Waals surface area contributed by atoms with Crippen LogP contribution in [0.15, 0.2) is 35.3 Å². The molecule has 0 heterocycles. The van der Waals surface area contributed by atoms with Crippen LogP contribution in [-0.4, -0.2) is 51.0 Å². The lowest BCUT2D eigenvalue weighted by Crippen LogP contribution is -2.40. The number of ether oxygens (including phenoxy) is 1. The number of benzene rings is 1. The molecule has 25 heavy (non-hydrogen) atoms. The van der Waals surface area contributed by atoms with Gasteiger partial charge in [0.05, 0.1) is 6.61 Å². The van der Waals surface area contributed by atoms with Gasteiger partial charge in [-0.15, -0.1) is 24.0 Å². The summed E-state index contributed by atoms with van der Waals surface area (Å²) in [7, 11) is 1.75. The predicted octanol–water partition coefficient (Wildman–Crippen LogP) is 2.75. The number of nitrogens with one attached hydrogen (secondary N) is 2. The van der Waals surface area contributed by atoms with Crippen molar-refractivity contribution in [2.75, 3.05) is 40.0 Å². The Labute approximate surface area is 168 Å². The van der Waals surface area contributed by atoms with E-state index in [0.717, 1.165) is 37.6 Å². The van der Waals surface area contributed by atoms with Gasteiger partial charge < -0.3 is 20.5 Å². The van der Waals surface area contributed by atoms with Crippen molar-refractivity contribution < 1.29 is 9.84 Å². The van der Waals surface area contributed by atoms with Gasteiger partial charge >= 0.3 is 0 Å².